The molecule has 3 rings (SSSR count). The summed E-state index contributed by atoms with van der Waals surface area (Å²) < 4.78 is 35.4. The van der Waals surface area contributed by atoms with Crippen molar-refractivity contribution in [1.82, 2.24) is 4.98 Å². The molecule has 0 saturated carbocycles. The highest BCUT2D eigenvalue weighted by Crippen LogP contribution is 2.24. The Balaban J connectivity index is 1.74. The molecule has 0 unspecified atom stereocenters. The molecule has 1 saturated heterocycles. The van der Waals surface area contributed by atoms with E-state index < -0.39 is 9.84 Å². The fourth-order valence-electron chi connectivity index (χ4n) is 2.89. The van der Waals surface area contributed by atoms with Crippen LogP contribution in [0.25, 0.3) is 11.5 Å². The zero-order valence-electron chi connectivity index (χ0n) is 13.4. The van der Waals surface area contributed by atoms with Gasteiger partial charge in [-0.3, -0.25) is 0 Å². The molecule has 0 bridgehead atoms. The lowest BCUT2D eigenvalue weighted by molar-refractivity contribution is 0.127. The minimum absolute atomic E-state index is 0.0543. The van der Waals surface area contributed by atoms with Gasteiger partial charge >= 0.3 is 0 Å². The summed E-state index contributed by atoms with van der Waals surface area (Å²) in [5.74, 6) is 0.407. The van der Waals surface area contributed by atoms with Crippen molar-refractivity contribution >= 4 is 9.84 Å². The Hall–Kier alpha value is -1.66. The molecule has 124 valence electrons. The molecule has 0 amide bonds. The van der Waals surface area contributed by atoms with Crippen LogP contribution in [0.5, 0.6) is 0 Å². The van der Waals surface area contributed by atoms with Gasteiger partial charge in [0.2, 0.25) is 5.89 Å². The van der Waals surface area contributed by atoms with Crippen LogP contribution in [0.1, 0.15) is 29.7 Å². The number of sulfone groups is 1. The molecule has 0 spiro atoms. The number of benzene rings is 1. The summed E-state index contributed by atoms with van der Waals surface area (Å²) in [6, 6.07) is 5.98. The van der Waals surface area contributed by atoms with E-state index in [1.54, 1.807) is 0 Å². The molecule has 1 aliphatic rings. The third-order valence-electron chi connectivity index (χ3n) is 4.00. The van der Waals surface area contributed by atoms with Gasteiger partial charge in [-0.25, -0.2) is 13.4 Å². The second kappa shape index (κ2) is 6.45. The number of nitrogens with zero attached hydrogens (tertiary/aromatic N) is 1. The smallest absolute Gasteiger partial charge is 0.226 e. The molecule has 0 aliphatic carbocycles. The molecule has 0 radical (unpaired) electrons. The first-order valence-electron chi connectivity index (χ1n) is 7.77. The number of hydrogen-bond donors (Lipinski definition) is 0. The SMILES string of the molecule is Cc1ccc(-c2nc(CS(=O)(=O)C[C@@H]3CCCO3)co2)c(C)c1. The quantitative estimate of drug-likeness (QED) is 0.840. The molecule has 1 aliphatic heterocycles. The normalized spacial score (nSPS) is 18.4. The van der Waals surface area contributed by atoms with E-state index in [2.05, 4.69) is 4.98 Å². The number of oxazole rings is 1. The number of rotatable bonds is 5. The van der Waals surface area contributed by atoms with Crippen LogP contribution < -0.4 is 0 Å². The Bertz CT molecular complexity index is 789. The second-order valence-electron chi connectivity index (χ2n) is 6.15. The highest BCUT2D eigenvalue weighted by molar-refractivity contribution is 7.90. The van der Waals surface area contributed by atoms with Crippen molar-refractivity contribution in [3.63, 3.8) is 0 Å². The van der Waals surface area contributed by atoms with Gasteiger partial charge in [-0.1, -0.05) is 17.7 Å². The Morgan fingerprint density at radius 1 is 1.30 bits per heavy atom. The lowest BCUT2D eigenvalue weighted by atomic mass is 10.1. The van der Waals surface area contributed by atoms with Crippen molar-refractivity contribution in [3.05, 3.63) is 41.3 Å². The van der Waals surface area contributed by atoms with Crippen molar-refractivity contribution in [1.29, 1.82) is 0 Å². The summed E-state index contributed by atoms with van der Waals surface area (Å²) >= 11 is 0. The molecule has 1 aromatic heterocycles. The largest absolute Gasteiger partial charge is 0.444 e. The topological polar surface area (TPSA) is 69.4 Å². The Morgan fingerprint density at radius 3 is 2.83 bits per heavy atom. The molecule has 2 aromatic rings. The van der Waals surface area contributed by atoms with Crippen LogP contribution in [0, 0.1) is 13.8 Å². The summed E-state index contributed by atoms with van der Waals surface area (Å²) in [5.41, 5.74) is 3.55. The van der Waals surface area contributed by atoms with E-state index >= 15 is 0 Å². The molecule has 0 N–H and O–H groups in total. The minimum Gasteiger partial charge on any atom is -0.444 e. The van der Waals surface area contributed by atoms with Crippen molar-refractivity contribution in [2.24, 2.45) is 0 Å². The molecule has 6 heteroatoms. The summed E-state index contributed by atoms with van der Waals surface area (Å²) in [5, 5.41) is 0. The van der Waals surface area contributed by atoms with Gasteiger partial charge in [-0.05, 0) is 38.3 Å². The maximum Gasteiger partial charge on any atom is 0.226 e. The van der Waals surface area contributed by atoms with Crippen molar-refractivity contribution in [2.75, 3.05) is 12.4 Å². The van der Waals surface area contributed by atoms with E-state index in [1.165, 1.54) is 6.26 Å². The van der Waals surface area contributed by atoms with Crippen LogP contribution in [-0.2, 0) is 20.3 Å². The first kappa shape index (κ1) is 16.2. The van der Waals surface area contributed by atoms with E-state index in [9.17, 15) is 8.42 Å². The zero-order chi connectivity index (χ0) is 16.4. The van der Waals surface area contributed by atoms with Crippen LogP contribution in [0.3, 0.4) is 0 Å². The third kappa shape index (κ3) is 4.00. The molecule has 1 fully saturated rings. The zero-order valence-corrected chi connectivity index (χ0v) is 14.2. The summed E-state index contributed by atoms with van der Waals surface area (Å²) in [4.78, 5) is 4.34. The van der Waals surface area contributed by atoms with Crippen LogP contribution in [0.15, 0.2) is 28.9 Å². The maximum atomic E-state index is 12.3. The van der Waals surface area contributed by atoms with E-state index in [0.717, 1.165) is 29.5 Å². The summed E-state index contributed by atoms with van der Waals surface area (Å²) in [6.07, 6.45) is 3.00. The first-order chi connectivity index (χ1) is 10.9. The standard InChI is InChI=1S/C17H21NO4S/c1-12-5-6-16(13(2)8-12)17-18-14(9-22-17)10-23(19,20)11-15-4-3-7-21-15/h5-6,8-9,15H,3-4,7,10-11H2,1-2H3/t15-/m0/s1. The Kier molecular flexibility index (Phi) is 4.55. The molecule has 23 heavy (non-hydrogen) atoms. The monoisotopic (exact) mass is 335 g/mol. The number of aryl methyl sites for hydroxylation is 2. The van der Waals surface area contributed by atoms with Crippen molar-refractivity contribution in [2.45, 2.75) is 38.5 Å². The van der Waals surface area contributed by atoms with Gasteiger partial charge in [0.1, 0.15) is 6.26 Å². The lowest BCUT2D eigenvalue weighted by Crippen LogP contribution is -2.21. The van der Waals surface area contributed by atoms with Gasteiger partial charge < -0.3 is 9.15 Å². The first-order valence-corrected chi connectivity index (χ1v) is 9.59. The van der Waals surface area contributed by atoms with Crippen LogP contribution >= 0.6 is 0 Å². The minimum atomic E-state index is -3.25. The van der Waals surface area contributed by atoms with Gasteiger partial charge in [-0.2, -0.15) is 0 Å². The van der Waals surface area contributed by atoms with E-state index in [-0.39, 0.29) is 17.6 Å². The highest BCUT2D eigenvalue weighted by atomic mass is 32.2. The maximum absolute atomic E-state index is 12.3. The van der Waals surface area contributed by atoms with Gasteiger partial charge in [0, 0.05) is 12.2 Å². The molecule has 1 aromatic carbocycles. The predicted molar refractivity (Wildman–Crippen MR) is 87.9 cm³/mol. The summed E-state index contributed by atoms with van der Waals surface area (Å²) in [7, 11) is -3.25. The average molecular weight is 335 g/mol. The van der Waals surface area contributed by atoms with E-state index in [4.69, 9.17) is 9.15 Å². The van der Waals surface area contributed by atoms with E-state index in [0.29, 0.717) is 18.2 Å². The third-order valence-corrected chi connectivity index (χ3v) is 5.61. The fourth-order valence-corrected chi connectivity index (χ4v) is 4.42. The second-order valence-corrected chi connectivity index (χ2v) is 8.26. The predicted octanol–water partition coefficient (Wildman–Crippen LogP) is 3.05. The Labute approximate surface area is 136 Å². The van der Waals surface area contributed by atoms with Crippen LogP contribution in [0.2, 0.25) is 0 Å². The van der Waals surface area contributed by atoms with Gasteiger partial charge in [-0.15, -0.1) is 0 Å². The molecular formula is C17H21NO4S. The van der Waals surface area contributed by atoms with Gasteiger partial charge in [0.05, 0.1) is 23.3 Å². The highest BCUT2D eigenvalue weighted by Gasteiger charge is 2.24. The van der Waals surface area contributed by atoms with Gasteiger partial charge in [0.25, 0.3) is 0 Å². The number of ether oxygens (including phenoxy) is 1. The molecule has 1 atom stereocenters. The number of aromatic nitrogens is 1. The van der Waals surface area contributed by atoms with Crippen LogP contribution in [0.4, 0.5) is 0 Å². The van der Waals surface area contributed by atoms with E-state index in [1.807, 2.05) is 32.0 Å². The lowest BCUT2D eigenvalue weighted by Gasteiger charge is -2.08. The molecule has 5 nitrogen and oxygen atoms in total. The molecular weight excluding hydrogens is 314 g/mol. The average Bonchev–Trinajstić information content (AvgIpc) is 3.10. The number of hydrogen-bond acceptors (Lipinski definition) is 5. The molecule has 2 heterocycles. The summed E-state index contributed by atoms with van der Waals surface area (Å²) in [6.45, 7) is 4.66. The fraction of sp³-hybridized carbons (Fsp3) is 0.471. The Morgan fingerprint density at radius 2 is 2.13 bits per heavy atom. The van der Waals surface area contributed by atoms with Gasteiger partial charge in [0.15, 0.2) is 9.84 Å². The van der Waals surface area contributed by atoms with Crippen molar-refractivity contribution < 1.29 is 17.6 Å². The van der Waals surface area contributed by atoms with Crippen LogP contribution in [-0.4, -0.2) is 31.9 Å². The van der Waals surface area contributed by atoms with Crippen molar-refractivity contribution in [3.8, 4) is 11.5 Å².